The molecular weight excluding hydrogens is 252 g/mol. The molecule has 0 fully saturated rings. The van der Waals surface area contributed by atoms with E-state index in [2.05, 4.69) is 47.1 Å². The summed E-state index contributed by atoms with van der Waals surface area (Å²) in [5, 5.41) is 3.35. The Morgan fingerprint density at radius 3 is 2.70 bits per heavy atom. The number of hydrogen-bond acceptors (Lipinski definition) is 4. The molecule has 4 heteroatoms. The number of carbonyl (C=O) groups is 1. The molecule has 1 N–H and O–H groups in total. The Morgan fingerprint density at radius 1 is 1.25 bits per heavy atom. The average Bonchev–Trinajstić information content (AvgIpc) is 2.48. The van der Waals surface area contributed by atoms with E-state index in [1.54, 1.807) is 6.07 Å². The number of methoxy groups -OCH3 is 1. The molecule has 104 valence electrons. The molecule has 0 aliphatic carbocycles. The SMILES string of the molecule is COC(=O)c1ccc(CNc2cc(C)ccc2C)nc1. The molecule has 0 saturated carbocycles. The summed E-state index contributed by atoms with van der Waals surface area (Å²) >= 11 is 0. The van der Waals surface area contributed by atoms with Gasteiger partial charge in [0.25, 0.3) is 0 Å². The van der Waals surface area contributed by atoms with Crippen molar-refractivity contribution in [1.82, 2.24) is 4.98 Å². The second kappa shape index (κ2) is 6.19. The summed E-state index contributed by atoms with van der Waals surface area (Å²) in [5.74, 6) is -0.369. The lowest BCUT2D eigenvalue weighted by Crippen LogP contribution is -2.06. The van der Waals surface area contributed by atoms with Crippen molar-refractivity contribution in [2.75, 3.05) is 12.4 Å². The first-order chi connectivity index (χ1) is 9.60. The van der Waals surface area contributed by atoms with Gasteiger partial charge in [-0.05, 0) is 43.2 Å². The van der Waals surface area contributed by atoms with Crippen molar-refractivity contribution >= 4 is 11.7 Å². The molecule has 0 spiro atoms. The van der Waals surface area contributed by atoms with Crippen LogP contribution in [0.5, 0.6) is 0 Å². The molecule has 0 amide bonds. The van der Waals surface area contributed by atoms with E-state index in [-0.39, 0.29) is 5.97 Å². The maximum absolute atomic E-state index is 11.3. The van der Waals surface area contributed by atoms with Crippen LogP contribution >= 0.6 is 0 Å². The zero-order valence-electron chi connectivity index (χ0n) is 11.9. The highest BCUT2D eigenvalue weighted by Gasteiger charge is 2.05. The van der Waals surface area contributed by atoms with E-state index in [1.165, 1.54) is 24.4 Å². The zero-order valence-corrected chi connectivity index (χ0v) is 11.9. The number of hydrogen-bond donors (Lipinski definition) is 1. The van der Waals surface area contributed by atoms with Crippen LogP contribution in [0.2, 0.25) is 0 Å². The maximum atomic E-state index is 11.3. The molecule has 2 rings (SSSR count). The van der Waals surface area contributed by atoms with Gasteiger partial charge in [-0.1, -0.05) is 12.1 Å². The van der Waals surface area contributed by atoms with Crippen LogP contribution < -0.4 is 5.32 Å². The lowest BCUT2D eigenvalue weighted by atomic mass is 10.1. The second-order valence-electron chi connectivity index (χ2n) is 4.70. The highest BCUT2D eigenvalue weighted by Crippen LogP contribution is 2.17. The number of benzene rings is 1. The van der Waals surface area contributed by atoms with E-state index < -0.39 is 0 Å². The van der Waals surface area contributed by atoms with Crippen LogP contribution in [0.4, 0.5) is 5.69 Å². The first kappa shape index (κ1) is 14.1. The Kier molecular flexibility index (Phi) is 4.35. The van der Waals surface area contributed by atoms with Gasteiger partial charge in [0.15, 0.2) is 0 Å². The van der Waals surface area contributed by atoms with E-state index in [0.717, 1.165) is 11.4 Å². The van der Waals surface area contributed by atoms with E-state index >= 15 is 0 Å². The highest BCUT2D eigenvalue weighted by atomic mass is 16.5. The molecule has 0 atom stereocenters. The van der Waals surface area contributed by atoms with Crippen molar-refractivity contribution in [3.8, 4) is 0 Å². The third-order valence-corrected chi connectivity index (χ3v) is 3.10. The smallest absolute Gasteiger partial charge is 0.339 e. The molecule has 0 aliphatic rings. The Labute approximate surface area is 118 Å². The van der Waals surface area contributed by atoms with Crippen molar-refractivity contribution < 1.29 is 9.53 Å². The minimum atomic E-state index is -0.369. The van der Waals surface area contributed by atoms with Crippen molar-refractivity contribution in [2.45, 2.75) is 20.4 Å². The standard InChI is InChI=1S/C16H18N2O2/c1-11-4-5-12(2)15(8-11)18-10-14-7-6-13(9-17-14)16(19)20-3/h4-9,18H,10H2,1-3H3. The summed E-state index contributed by atoms with van der Waals surface area (Å²) in [7, 11) is 1.36. The average molecular weight is 270 g/mol. The Morgan fingerprint density at radius 2 is 2.05 bits per heavy atom. The third kappa shape index (κ3) is 3.35. The van der Waals surface area contributed by atoms with Crippen LogP contribution in [-0.4, -0.2) is 18.1 Å². The van der Waals surface area contributed by atoms with Gasteiger partial charge in [0.2, 0.25) is 0 Å². The van der Waals surface area contributed by atoms with Gasteiger partial charge in [-0.2, -0.15) is 0 Å². The molecule has 2 aromatic rings. The van der Waals surface area contributed by atoms with Crippen molar-refractivity contribution in [1.29, 1.82) is 0 Å². The number of anilines is 1. The van der Waals surface area contributed by atoms with Crippen LogP contribution in [0, 0.1) is 13.8 Å². The van der Waals surface area contributed by atoms with Gasteiger partial charge in [-0.3, -0.25) is 4.98 Å². The molecule has 4 nitrogen and oxygen atoms in total. The van der Waals surface area contributed by atoms with Gasteiger partial charge in [0, 0.05) is 11.9 Å². The van der Waals surface area contributed by atoms with Gasteiger partial charge >= 0.3 is 5.97 Å². The monoisotopic (exact) mass is 270 g/mol. The molecule has 0 saturated heterocycles. The summed E-state index contributed by atoms with van der Waals surface area (Å²) in [6.45, 7) is 4.75. The summed E-state index contributed by atoms with van der Waals surface area (Å²) in [4.78, 5) is 15.6. The normalized spacial score (nSPS) is 10.2. The number of pyridine rings is 1. The number of nitrogens with one attached hydrogen (secondary N) is 1. The molecule has 0 bridgehead atoms. The Balaban J connectivity index is 2.04. The molecule has 0 radical (unpaired) electrons. The van der Waals surface area contributed by atoms with Gasteiger partial charge in [-0.25, -0.2) is 4.79 Å². The lowest BCUT2D eigenvalue weighted by molar-refractivity contribution is 0.0600. The second-order valence-corrected chi connectivity index (χ2v) is 4.70. The molecular formula is C16H18N2O2. The van der Waals surface area contributed by atoms with Gasteiger partial charge in [0.1, 0.15) is 0 Å². The zero-order chi connectivity index (χ0) is 14.5. The molecule has 0 unspecified atom stereocenters. The quantitative estimate of drug-likeness (QED) is 0.867. The Hall–Kier alpha value is -2.36. The van der Waals surface area contributed by atoms with E-state index in [9.17, 15) is 4.79 Å². The third-order valence-electron chi connectivity index (χ3n) is 3.10. The van der Waals surface area contributed by atoms with Gasteiger partial charge in [0.05, 0.1) is 24.9 Å². The Bertz CT molecular complexity index is 606. The first-order valence-electron chi connectivity index (χ1n) is 6.44. The molecule has 20 heavy (non-hydrogen) atoms. The van der Waals surface area contributed by atoms with E-state index in [0.29, 0.717) is 12.1 Å². The highest BCUT2D eigenvalue weighted by molar-refractivity contribution is 5.88. The van der Waals surface area contributed by atoms with Crippen LogP contribution in [0.15, 0.2) is 36.5 Å². The first-order valence-corrected chi connectivity index (χ1v) is 6.44. The largest absolute Gasteiger partial charge is 0.465 e. The predicted molar refractivity (Wildman–Crippen MR) is 78.8 cm³/mol. The minimum absolute atomic E-state index is 0.369. The van der Waals surface area contributed by atoms with Crippen molar-refractivity contribution in [2.24, 2.45) is 0 Å². The molecule has 1 heterocycles. The van der Waals surface area contributed by atoms with Crippen molar-refractivity contribution in [3.05, 3.63) is 58.9 Å². The fourth-order valence-corrected chi connectivity index (χ4v) is 1.88. The maximum Gasteiger partial charge on any atom is 0.339 e. The topological polar surface area (TPSA) is 51.2 Å². The number of ether oxygens (including phenoxy) is 1. The van der Waals surface area contributed by atoms with Crippen LogP contribution in [-0.2, 0) is 11.3 Å². The molecule has 1 aromatic carbocycles. The van der Waals surface area contributed by atoms with Crippen LogP contribution in [0.3, 0.4) is 0 Å². The van der Waals surface area contributed by atoms with Gasteiger partial charge in [-0.15, -0.1) is 0 Å². The molecule has 0 aliphatic heterocycles. The van der Waals surface area contributed by atoms with Gasteiger partial charge < -0.3 is 10.1 Å². The van der Waals surface area contributed by atoms with Crippen LogP contribution in [0.1, 0.15) is 27.2 Å². The summed E-state index contributed by atoms with van der Waals surface area (Å²) in [5.41, 5.74) is 4.85. The van der Waals surface area contributed by atoms with E-state index in [4.69, 9.17) is 0 Å². The summed E-state index contributed by atoms with van der Waals surface area (Å²) in [6.07, 6.45) is 1.53. The fourth-order valence-electron chi connectivity index (χ4n) is 1.88. The lowest BCUT2D eigenvalue weighted by Gasteiger charge is -2.10. The minimum Gasteiger partial charge on any atom is -0.465 e. The number of rotatable bonds is 4. The number of carbonyl (C=O) groups excluding carboxylic acids is 1. The number of aryl methyl sites for hydroxylation is 2. The van der Waals surface area contributed by atoms with Crippen molar-refractivity contribution in [3.63, 3.8) is 0 Å². The number of nitrogens with zero attached hydrogens (tertiary/aromatic N) is 1. The van der Waals surface area contributed by atoms with E-state index in [1.807, 2.05) is 6.07 Å². The predicted octanol–water partition coefficient (Wildman–Crippen LogP) is 3.10. The summed E-state index contributed by atoms with van der Waals surface area (Å²) in [6, 6.07) is 9.83. The number of aromatic nitrogens is 1. The van der Waals surface area contributed by atoms with Crippen LogP contribution in [0.25, 0.3) is 0 Å². The molecule has 1 aromatic heterocycles. The summed E-state index contributed by atoms with van der Waals surface area (Å²) < 4.78 is 4.64. The fraction of sp³-hybridized carbons (Fsp3) is 0.250. The number of esters is 1.